The molecule has 0 radical (unpaired) electrons. The summed E-state index contributed by atoms with van der Waals surface area (Å²) in [4.78, 5) is 21.9. The second kappa shape index (κ2) is 9.54. The molecule has 5 heteroatoms. The topological polar surface area (TPSA) is 75.6 Å². The molecule has 0 atom stereocenters. The third-order valence-electron chi connectivity index (χ3n) is 6.61. The monoisotopic (exact) mass is 421 g/mol. The first-order chi connectivity index (χ1) is 15.1. The number of aliphatic carboxylic acids is 1. The smallest absolute Gasteiger partial charge is 0.329 e. The van der Waals surface area contributed by atoms with Crippen LogP contribution in [0.2, 0.25) is 0 Å². The Morgan fingerprint density at radius 2 is 2.10 bits per heavy atom. The quantitative estimate of drug-likeness (QED) is 0.392. The summed E-state index contributed by atoms with van der Waals surface area (Å²) in [5, 5.41) is 12.3. The second-order valence-corrected chi connectivity index (χ2v) is 9.04. The first-order valence-electron chi connectivity index (χ1n) is 11.4. The van der Waals surface area contributed by atoms with Gasteiger partial charge in [0.25, 0.3) is 0 Å². The molecule has 0 heterocycles. The van der Waals surface area contributed by atoms with Crippen LogP contribution in [0.25, 0.3) is 11.6 Å². The Morgan fingerprint density at radius 1 is 1.26 bits per heavy atom. The molecule has 0 spiro atoms. The van der Waals surface area contributed by atoms with Crippen molar-refractivity contribution >= 4 is 23.9 Å². The lowest BCUT2D eigenvalue weighted by atomic mass is 9.72. The lowest BCUT2D eigenvalue weighted by Gasteiger charge is -2.43. The summed E-state index contributed by atoms with van der Waals surface area (Å²) in [5.74, 6) is 0.652. The highest BCUT2D eigenvalue weighted by Crippen LogP contribution is 2.41. The standard InChI is InChI=1S/C26H31NO4/c28-14-3-7-21-15-23(20-5-1-2-6-20)24(31-18-19-8-9-19)16-22(21)17-26(11-4-12-26)27-13-10-25(29)30/h3,5,7,10,13-16,19,27H,1-2,4,6,8-9,11-12,17-18H2,(H,29,30)/b7-3+,13-10-. The highest BCUT2D eigenvalue weighted by atomic mass is 16.5. The normalized spacial score (nSPS) is 19.9. The lowest BCUT2D eigenvalue weighted by molar-refractivity contribution is -0.131. The number of carboxylic acids is 1. The SMILES string of the molecule is O=C/C=C/c1cc(C2=CCCC2)c(OCC2CC2)cc1CC1(N/C=C\C(=O)O)CCC1. The molecule has 1 aromatic carbocycles. The first kappa shape index (κ1) is 21.4. The van der Waals surface area contributed by atoms with Gasteiger partial charge in [0.15, 0.2) is 0 Å². The van der Waals surface area contributed by atoms with Crippen LogP contribution in [0.3, 0.4) is 0 Å². The highest BCUT2D eigenvalue weighted by molar-refractivity contribution is 5.80. The van der Waals surface area contributed by atoms with Crippen LogP contribution < -0.4 is 10.1 Å². The van der Waals surface area contributed by atoms with Gasteiger partial charge in [0, 0.05) is 23.4 Å². The van der Waals surface area contributed by atoms with Crippen molar-refractivity contribution in [1.29, 1.82) is 0 Å². The van der Waals surface area contributed by atoms with Crippen LogP contribution in [-0.4, -0.2) is 29.5 Å². The van der Waals surface area contributed by atoms with Crippen LogP contribution in [0.4, 0.5) is 0 Å². The molecule has 2 N–H and O–H groups in total. The van der Waals surface area contributed by atoms with E-state index in [1.807, 2.05) is 6.08 Å². The average molecular weight is 422 g/mol. The van der Waals surface area contributed by atoms with Crippen LogP contribution in [0.1, 0.15) is 68.1 Å². The molecule has 4 rings (SSSR count). The van der Waals surface area contributed by atoms with E-state index in [-0.39, 0.29) is 5.54 Å². The number of aldehydes is 1. The predicted octanol–water partition coefficient (Wildman–Crippen LogP) is 4.91. The maximum Gasteiger partial charge on any atom is 0.329 e. The minimum absolute atomic E-state index is 0.155. The van der Waals surface area contributed by atoms with Crippen molar-refractivity contribution in [2.45, 2.75) is 63.3 Å². The molecule has 0 aliphatic heterocycles. The van der Waals surface area contributed by atoms with Crippen molar-refractivity contribution in [2.24, 2.45) is 5.92 Å². The van der Waals surface area contributed by atoms with Gasteiger partial charge in [0.1, 0.15) is 12.0 Å². The summed E-state index contributed by atoms with van der Waals surface area (Å²) >= 11 is 0. The molecule has 0 bridgehead atoms. The van der Waals surface area contributed by atoms with Crippen LogP contribution in [0, 0.1) is 5.92 Å². The lowest BCUT2D eigenvalue weighted by Crippen LogP contribution is -2.50. The zero-order chi connectivity index (χ0) is 21.7. The molecule has 0 saturated heterocycles. The Labute approximate surface area is 183 Å². The van der Waals surface area contributed by atoms with Crippen LogP contribution in [0.5, 0.6) is 5.75 Å². The number of rotatable bonds is 11. The number of hydrogen-bond donors (Lipinski definition) is 2. The zero-order valence-corrected chi connectivity index (χ0v) is 17.9. The van der Waals surface area contributed by atoms with E-state index in [9.17, 15) is 9.59 Å². The Kier molecular flexibility index (Phi) is 6.59. The van der Waals surface area contributed by atoms with E-state index in [4.69, 9.17) is 9.84 Å². The molecule has 1 aromatic rings. The largest absolute Gasteiger partial charge is 0.493 e. The van der Waals surface area contributed by atoms with Gasteiger partial charge in [-0.1, -0.05) is 12.2 Å². The number of hydrogen-bond acceptors (Lipinski definition) is 4. The van der Waals surface area contributed by atoms with Gasteiger partial charge >= 0.3 is 5.97 Å². The van der Waals surface area contributed by atoms with Gasteiger partial charge in [-0.15, -0.1) is 0 Å². The fraction of sp³-hybridized carbons (Fsp3) is 0.462. The molecule has 5 nitrogen and oxygen atoms in total. The fourth-order valence-electron chi connectivity index (χ4n) is 4.50. The minimum atomic E-state index is -0.957. The van der Waals surface area contributed by atoms with E-state index in [1.54, 1.807) is 12.3 Å². The average Bonchev–Trinajstić information content (AvgIpc) is 3.40. The van der Waals surface area contributed by atoms with Gasteiger partial charge in [0.05, 0.1) is 6.61 Å². The summed E-state index contributed by atoms with van der Waals surface area (Å²) in [6.45, 7) is 0.758. The maximum absolute atomic E-state index is 11.0. The van der Waals surface area contributed by atoms with Gasteiger partial charge in [-0.25, -0.2) is 4.79 Å². The zero-order valence-electron chi connectivity index (χ0n) is 17.9. The summed E-state index contributed by atoms with van der Waals surface area (Å²) in [7, 11) is 0. The van der Waals surface area contributed by atoms with Crippen molar-refractivity contribution < 1.29 is 19.4 Å². The van der Waals surface area contributed by atoms with E-state index in [0.717, 1.165) is 79.9 Å². The highest BCUT2D eigenvalue weighted by Gasteiger charge is 2.37. The van der Waals surface area contributed by atoms with Gasteiger partial charge < -0.3 is 15.2 Å². The minimum Gasteiger partial charge on any atom is -0.493 e. The molecule has 3 aliphatic rings. The number of ether oxygens (including phenoxy) is 1. The third kappa shape index (κ3) is 5.46. The maximum atomic E-state index is 11.0. The van der Waals surface area contributed by atoms with E-state index in [2.05, 4.69) is 23.5 Å². The van der Waals surface area contributed by atoms with Gasteiger partial charge in [-0.05, 0) is 98.6 Å². The number of allylic oxidation sites excluding steroid dienone is 3. The molecular formula is C26H31NO4. The molecule has 2 fully saturated rings. The number of carboxylic acid groups (broad SMARTS) is 1. The summed E-state index contributed by atoms with van der Waals surface area (Å²) in [5.41, 5.74) is 4.48. The van der Waals surface area contributed by atoms with E-state index < -0.39 is 5.97 Å². The molecule has 0 aromatic heterocycles. The molecule has 3 aliphatic carbocycles. The van der Waals surface area contributed by atoms with E-state index in [0.29, 0.717) is 5.92 Å². The molecule has 164 valence electrons. The first-order valence-corrected chi connectivity index (χ1v) is 11.4. The fourth-order valence-corrected chi connectivity index (χ4v) is 4.50. The van der Waals surface area contributed by atoms with Crippen molar-refractivity contribution in [3.8, 4) is 5.75 Å². The van der Waals surface area contributed by atoms with Gasteiger partial charge in [0.2, 0.25) is 0 Å². The Balaban J connectivity index is 1.66. The van der Waals surface area contributed by atoms with Crippen LogP contribution in [0.15, 0.2) is 36.6 Å². The van der Waals surface area contributed by atoms with Crippen LogP contribution in [-0.2, 0) is 16.0 Å². The number of carbonyl (C=O) groups excluding carboxylic acids is 1. The molecular weight excluding hydrogens is 390 g/mol. The van der Waals surface area contributed by atoms with Gasteiger partial charge in [-0.3, -0.25) is 4.79 Å². The van der Waals surface area contributed by atoms with Gasteiger partial charge in [-0.2, -0.15) is 0 Å². The summed E-state index contributed by atoms with van der Waals surface area (Å²) in [6.07, 6.45) is 18.9. The second-order valence-electron chi connectivity index (χ2n) is 9.04. The van der Waals surface area contributed by atoms with E-state index >= 15 is 0 Å². The third-order valence-corrected chi connectivity index (χ3v) is 6.61. The predicted molar refractivity (Wildman–Crippen MR) is 122 cm³/mol. The Morgan fingerprint density at radius 3 is 2.71 bits per heavy atom. The molecule has 2 saturated carbocycles. The van der Waals surface area contributed by atoms with Crippen molar-refractivity contribution in [3.63, 3.8) is 0 Å². The van der Waals surface area contributed by atoms with Crippen LogP contribution >= 0.6 is 0 Å². The summed E-state index contributed by atoms with van der Waals surface area (Å²) in [6, 6.07) is 4.33. The summed E-state index contributed by atoms with van der Waals surface area (Å²) < 4.78 is 6.31. The Bertz CT molecular complexity index is 920. The molecule has 31 heavy (non-hydrogen) atoms. The number of benzene rings is 1. The van der Waals surface area contributed by atoms with E-state index in [1.165, 1.54) is 24.8 Å². The molecule has 0 amide bonds. The van der Waals surface area contributed by atoms with Crippen molar-refractivity contribution in [1.82, 2.24) is 5.32 Å². The number of carbonyl (C=O) groups is 2. The van der Waals surface area contributed by atoms with Crippen molar-refractivity contribution in [3.05, 3.63) is 53.3 Å². The Hall–Kier alpha value is -2.82. The number of nitrogens with one attached hydrogen (secondary N) is 1. The molecule has 0 unspecified atom stereocenters. The van der Waals surface area contributed by atoms with Crippen molar-refractivity contribution in [2.75, 3.05) is 6.61 Å².